The third kappa shape index (κ3) is 7.33. The average molecular weight is 466 g/mol. The van der Waals surface area contributed by atoms with Crippen molar-refractivity contribution in [3.8, 4) is 0 Å². The summed E-state index contributed by atoms with van der Waals surface area (Å²) < 4.78 is 41.9. The van der Waals surface area contributed by atoms with Crippen molar-refractivity contribution in [2.24, 2.45) is 10.9 Å². The van der Waals surface area contributed by atoms with Gasteiger partial charge >= 0.3 is 12.1 Å². The highest BCUT2D eigenvalue weighted by atomic mass is 127. The Balaban J connectivity index is 0.00000484. The van der Waals surface area contributed by atoms with E-state index in [2.05, 4.69) is 25.3 Å². The quantitative estimate of drug-likeness (QED) is 0.302. The molecule has 1 atom stereocenters. The standard InChI is InChI=1S/C12H17F3N4O2S.HI/c1-7(10(20)21-3)4-17-11(16-2)18-5-9-19-8(6-22-9)12(13,14)15;/h6-7H,4-5H2,1-3H3,(H2,16,17,18);1H. The van der Waals surface area contributed by atoms with E-state index in [9.17, 15) is 18.0 Å². The van der Waals surface area contributed by atoms with Crippen molar-refractivity contribution >= 4 is 47.2 Å². The first kappa shape index (κ1) is 21.9. The molecule has 0 aliphatic rings. The lowest BCUT2D eigenvalue weighted by Gasteiger charge is -2.14. The van der Waals surface area contributed by atoms with Gasteiger partial charge in [-0.3, -0.25) is 9.79 Å². The predicted molar refractivity (Wildman–Crippen MR) is 91.9 cm³/mol. The Kier molecular flexibility index (Phi) is 9.42. The monoisotopic (exact) mass is 466 g/mol. The SMILES string of the molecule is CN=C(NCc1nc(C(F)(F)F)cs1)NCC(C)C(=O)OC.I. The van der Waals surface area contributed by atoms with Crippen LogP contribution in [0.4, 0.5) is 13.2 Å². The molecule has 23 heavy (non-hydrogen) atoms. The van der Waals surface area contributed by atoms with Crippen molar-refractivity contribution < 1.29 is 22.7 Å². The molecule has 0 radical (unpaired) electrons. The number of carbonyl (C=O) groups is 1. The fourth-order valence-corrected chi connectivity index (χ4v) is 2.18. The van der Waals surface area contributed by atoms with Crippen LogP contribution in [0.3, 0.4) is 0 Å². The molecule has 1 aromatic rings. The highest BCUT2D eigenvalue weighted by Crippen LogP contribution is 2.29. The largest absolute Gasteiger partial charge is 0.469 e. The number of rotatable bonds is 5. The second kappa shape index (κ2) is 9.90. The molecule has 0 bridgehead atoms. The molecular formula is C12H18F3IN4O2S. The van der Waals surface area contributed by atoms with Crippen LogP contribution in [-0.4, -0.2) is 37.6 Å². The van der Waals surface area contributed by atoms with Crippen LogP contribution < -0.4 is 10.6 Å². The lowest BCUT2D eigenvalue weighted by Crippen LogP contribution is -2.40. The topological polar surface area (TPSA) is 75.6 Å². The van der Waals surface area contributed by atoms with E-state index in [1.54, 1.807) is 6.92 Å². The maximum atomic E-state index is 12.4. The molecule has 0 amide bonds. The minimum atomic E-state index is -4.44. The van der Waals surface area contributed by atoms with Gasteiger partial charge in [0.2, 0.25) is 0 Å². The molecule has 1 unspecified atom stereocenters. The summed E-state index contributed by atoms with van der Waals surface area (Å²) in [5.74, 6) is -0.377. The highest BCUT2D eigenvalue weighted by Gasteiger charge is 2.33. The zero-order valence-electron chi connectivity index (χ0n) is 12.7. The summed E-state index contributed by atoms with van der Waals surface area (Å²) in [7, 11) is 2.81. The van der Waals surface area contributed by atoms with Crippen LogP contribution in [0.15, 0.2) is 10.4 Å². The van der Waals surface area contributed by atoms with Crippen molar-refractivity contribution in [3.63, 3.8) is 0 Å². The highest BCUT2D eigenvalue weighted by molar-refractivity contribution is 14.0. The first-order valence-corrected chi connectivity index (χ1v) is 7.19. The van der Waals surface area contributed by atoms with Crippen LogP contribution in [-0.2, 0) is 22.3 Å². The molecule has 11 heteroatoms. The zero-order valence-corrected chi connectivity index (χ0v) is 15.9. The summed E-state index contributed by atoms with van der Waals surface area (Å²) in [5, 5.41) is 6.97. The number of ether oxygens (including phenoxy) is 1. The van der Waals surface area contributed by atoms with Crippen LogP contribution >= 0.6 is 35.3 Å². The van der Waals surface area contributed by atoms with E-state index < -0.39 is 11.9 Å². The number of nitrogens with one attached hydrogen (secondary N) is 2. The number of halogens is 4. The summed E-state index contributed by atoms with van der Waals surface area (Å²) in [4.78, 5) is 18.7. The molecule has 0 aliphatic heterocycles. The molecule has 0 aliphatic carbocycles. The molecule has 132 valence electrons. The number of hydrogen-bond acceptors (Lipinski definition) is 5. The smallest absolute Gasteiger partial charge is 0.434 e. The zero-order chi connectivity index (χ0) is 16.8. The van der Waals surface area contributed by atoms with E-state index in [4.69, 9.17) is 0 Å². The Labute approximate surface area is 152 Å². The second-order valence-corrected chi connectivity index (χ2v) is 5.30. The van der Waals surface area contributed by atoms with Crippen molar-refractivity contribution in [2.45, 2.75) is 19.6 Å². The fourth-order valence-electron chi connectivity index (χ4n) is 1.44. The Morgan fingerprint density at radius 2 is 2.13 bits per heavy atom. The van der Waals surface area contributed by atoms with Gasteiger partial charge in [-0.1, -0.05) is 6.92 Å². The number of methoxy groups -OCH3 is 1. The lowest BCUT2D eigenvalue weighted by molar-refractivity contribution is -0.144. The van der Waals surface area contributed by atoms with Crippen molar-refractivity contribution in [1.29, 1.82) is 0 Å². The van der Waals surface area contributed by atoms with Crippen LogP contribution in [0, 0.1) is 5.92 Å². The lowest BCUT2D eigenvalue weighted by atomic mass is 10.2. The van der Waals surface area contributed by atoms with Crippen LogP contribution in [0.1, 0.15) is 17.6 Å². The molecule has 1 rings (SSSR count). The van der Waals surface area contributed by atoms with Gasteiger partial charge in [0.15, 0.2) is 11.7 Å². The molecule has 1 heterocycles. The molecule has 1 aromatic heterocycles. The molecule has 6 nitrogen and oxygen atoms in total. The summed E-state index contributed by atoms with van der Waals surface area (Å²) in [5.41, 5.74) is -0.906. The van der Waals surface area contributed by atoms with Gasteiger partial charge in [-0.15, -0.1) is 35.3 Å². The average Bonchev–Trinajstić information content (AvgIpc) is 2.95. The molecule has 2 N–H and O–H groups in total. The number of aliphatic imine (C=N–C) groups is 1. The number of carbonyl (C=O) groups excluding carboxylic acids is 1. The van der Waals surface area contributed by atoms with Gasteiger partial charge in [0.05, 0.1) is 19.6 Å². The van der Waals surface area contributed by atoms with Crippen LogP contribution in [0.2, 0.25) is 0 Å². The molecule has 0 fully saturated rings. The fraction of sp³-hybridized carbons (Fsp3) is 0.583. The van der Waals surface area contributed by atoms with E-state index in [0.29, 0.717) is 5.96 Å². The Morgan fingerprint density at radius 3 is 2.61 bits per heavy atom. The number of thiazole rings is 1. The van der Waals surface area contributed by atoms with E-state index in [1.807, 2.05) is 0 Å². The molecule has 0 aromatic carbocycles. The first-order valence-electron chi connectivity index (χ1n) is 6.31. The Bertz CT molecular complexity index is 537. The number of hydrogen-bond donors (Lipinski definition) is 2. The van der Waals surface area contributed by atoms with Gasteiger partial charge < -0.3 is 15.4 Å². The van der Waals surface area contributed by atoms with Crippen molar-refractivity contribution in [1.82, 2.24) is 15.6 Å². The van der Waals surface area contributed by atoms with Gasteiger partial charge in [0.1, 0.15) is 5.01 Å². The molecular weight excluding hydrogens is 448 g/mol. The van der Waals surface area contributed by atoms with E-state index in [-0.39, 0.29) is 54.0 Å². The maximum Gasteiger partial charge on any atom is 0.434 e. The third-order valence-corrected chi connectivity index (χ3v) is 3.50. The summed E-state index contributed by atoms with van der Waals surface area (Å²) in [6.45, 7) is 2.08. The molecule has 0 saturated carbocycles. The third-order valence-electron chi connectivity index (χ3n) is 2.65. The van der Waals surface area contributed by atoms with Crippen LogP contribution in [0.5, 0.6) is 0 Å². The Morgan fingerprint density at radius 1 is 1.48 bits per heavy atom. The van der Waals surface area contributed by atoms with Gasteiger partial charge in [-0.05, 0) is 0 Å². The Hall–Kier alpha value is -1.11. The van der Waals surface area contributed by atoms with Gasteiger partial charge in [-0.2, -0.15) is 13.2 Å². The summed E-state index contributed by atoms with van der Waals surface area (Å²) >= 11 is 0.911. The second-order valence-electron chi connectivity index (χ2n) is 4.36. The number of alkyl halides is 3. The van der Waals surface area contributed by atoms with Gasteiger partial charge in [0, 0.05) is 19.0 Å². The number of nitrogens with zero attached hydrogens (tertiary/aromatic N) is 2. The summed E-state index contributed by atoms with van der Waals surface area (Å²) in [6, 6.07) is 0. The van der Waals surface area contributed by atoms with Gasteiger partial charge in [-0.25, -0.2) is 4.98 Å². The molecule has 0 saturated heterocycles. The van der Waals surface area contributed by atoms with Crippen LogP contribution in [0.25, 0.3) is 0 Å². The van der Waals surface area contributed by atoms with E-state index in [1.165, 1.54) is 14.2 Å². The minimum absolute atomic E-state index is 0. The first-order chi connectivity index (χ1) is 10.3. The predicted octanol–water partition coefficient (Wildman–Crippen LogP) is 2.25. The minimum Gasteiger partial charge on any atom is -0.469 e. The summed E-state index contributed by atoms with van der Waals surface area (Å²) in [6.07, 6.45) is -4.44. The number of guanidine groups is 1. The maximum absolute atomic E-state index is 12.4. The van der Waals surface area contributed by atoms with Crippen molar-refractivity contribution in [3.05, 3.63) is 16.1 Å². The van der Waals surface area contributed by atoms with Gasteiger partial charge in [0.25, 0.3) is 0 Å². The van der Waals surface area contributed by atoms with E-state index >= 15 is 0 Å². The van der Waals surface area contributed by atoms with E-state index in [0.717, 1.165) is 16.7 Å². The number of esters is 1. The van der Waals surface area contributed by atoms with Crippen molar-refractivity contribution in [2.75, 3.05) is 20.7 Å². The number of aromatic nitrogens is 1. The molecule has 0 spiro atoms. The normalized spacial score (nSPS) is 13.0.